The maximum Gasteiger partial charge on any atom is 0.333 e. The standard InChI is InChI=1S/C7H11O3/c1-5(2)7(9)10-6(3)4-8/h6,8H,1,3-4H2,2H3. The van der Waals surface area contributed by atoms with Crippen molar-refractivity contribution in [3.63, 3.8) is 0 Å². The molecule has 1 N–H and O–H groups in total. The van der Waals surface area contributed by atoms with Gasteiger partial charge >= 0.3 is 5.97 Å². The van der Waals surface area contributed by atoms with Crippen LogP contribution in [0.1, 0.15) is 6.92 Å². The monoisotopic (exact) mass is 143 g/mol. The number of aliphatic hydroxyl groups excluding tert-OH is 1. The molecule has 0 amide bonds. The van der Waals surface area contributed by atoms with Gasteiger partial charge in [-0.05, 0) is 13.8 Å². The van der Waals surface area contributed by atoms with Crippen LogP contribution >= 0.6 is 0 Å². The average Bonchev–Trinajstić information content (AvgIpc) is 1.87. The number of ether oxygens (including phenoxy) is 1. The molecule has 0 saturated carbocycles. The molecule has 0 bridgehead atoms. The fourth-order valence-electron chi connectivity index (χ4n) is 0.289. The van der Waals surface area contributed by atoms with E-state index in [0.29, 0.717) is 5.57 Å². The van der Waals surface area contributed by atoms with Gasteiger partial charge in [-0.15, -0.1) is 0 Å². The predicted molar refractivity (Wildman–Crippen MR) is 37.1 cm³/mol. The van der Waals surface area contributed by atoms with E-state index in [-0.39, 0.29) is 6.61 Å². The summed E-state index contributed by atoms with van der Waals surface area (Å²) in [7, 11) is 0. The molecule has 1 unspecified atom stereocenters. The van der Waals surface area contributed by atoms with Gasteiger partial charge in [-0.3, -0.25) is 0 Å². The Balaban J connectivity index is 3.68. The molecule has 57 valence electrons. The molecule has 0 aromatic heterocycles. The first kappa shape index (κ1) is 9.17. The number of esters is 1. The third-order valence-corrected chi connectivity index (χ3v) is 0.826. The minimum atomic E-state index is -0.691. The maximum atomic E-state index is 10.6. The molecule has 0 aliphatic heterocycles. The van der Waals surface area contributed by atoms with E-state index in [2.05, 4.69) is 18.2 Å². The minimum absolute atomic E-state index is 0.265. The van der Waals surface area contributed by atoms with Crippen molar-refractivity contribution in [1.29, 1.82) is 0 Å². The Bertz CT molecular complexity index is 140. The Morgan fingerprint density at radius 2 is 2.30 bits per heavy atom. The Kier molecular flexibility index (Phi) is 3.72. The number of aliphatic hydroxyl groups is 1. The van der Waals surface area contributed by atoms with Crippen LogP contribution in [0.2, 0.25) is 0 Å². The van der Waals surface area contributed by atoms with Crippen LogP contribution in [0.25, 0.3) is 0 Å². The second-order valence-electron chi connectivity index (χ2n) is 1.99. The van der Waals surface area contributed by atoms with Crippen LogP contribution in [0, 0.1) is 6.92 Å². The van der Waals surface area contributed by atoms with Crippen molar-refractivity contribution in [3.8, 4) is 0 Å². The summed E-state index contributed by atoms with van der Waals surface area (Å²) in [6.45, 7) is 7.97. The number of rotatable bonds is 3. The third kappa shape index (κ3) is 3.25. The third-order valence-electron chi connectivity index (χ3n) is 0.826. The highest BCUT2D eigenvalue weighted by atomic mass is 16.5. The number of carbonyl (C=O) groups excluding carboxylic acids is 1. The lowest BCUT2D eigenvalue weighted by atomic mass is 10.3. The van der Waals surface area contributed by atoms with Crippen LogP contribution in [0.4, 0.5) is 0 Å². The zero-order valence-corrected chi connectivity index (χ0v) is 5.96. The second-order valence-corrected chi connectivity index (χ2v) is 1.99. The normalized spacial score (nSPS) is 12.3. The van der Waals surface area contributed by atoms with E-state index in [9.17, 15) is 4.79 Å². The van der Waals surface area contributed by atoms with E-state index in [1.165, 1.54) is 6.92 Å². The zero-order chi connectivity index (χ0) is 8.15. The molecule has 0 heterocycles. The molecule has 1 radical (unpaired) electrons. The molecular weight excluding hydrogens is 132 g/mol. The molecule has 3 nitrogen and oxygen atoms in total. The lowest BCUT2D eigenvalue weighted by Crippen LogP contribution is -2.18. The lowest BCUT2D eigenvalue weighted by molar-refractivity contribution is -0.143. The largest absolute Gasteiger partial charge is 0.457 e. The molecule has 0 aromatic rings. The van der Waals surface area contributed by atoms with Crippen molar-refractivity contribution in [2.24, 2.45) is 0 Å². The summed E-state index contributed by atoms with van der Waals surface area (Å²) < 4.78 is 4.56. The molecular formula is C7H11O3. The zero-order valence-electron chi connectivity index (χ0n) is 5.96. The van der Waals surface area contributed by atoms with Crippen molar-refractivity contribution in [2.75, 3.05) is 6.61 Å². The highest BCUT2D eigenvalue weighted by Crippen LogP contribution is 1.96. The molecule has 0 aliphatic carbocycles. The highest BCUT2D eigenvalue weighted by Gasteiger charge is 2.07. The summed E-state index contributed by atoms with van der Waals surface area (Å²) in [6, 6.07) is 0. The first-order chi connectivity index (χ1) is 4.57. The predicted octanol–water partition coefficient (Wildman–Crippen LogP) is 0.301. The molecule has 3 heteroatoms. The second kappa shape index (κ2) is 4.06. The first-order valence-corrected chi connectivity index (χ1v) is 2.88. The van der Waals surface area contributed by atoms with Crippen molar-refractivity contribution in [1.82, 2.24) is 0 Å². The van der Waals surface area contributed by atoms with Crippen LogP contribution in [0.5, 0.6) is 0 Å². The van der Waals surface area contributed by atoms with Crippen LogP contribution < -0.4 is 0 Å². The van der Waals surface area contributed by atoms with E-state index in [0.717, 1.165) is 0 Å². The smallest absolute Gasteiger partial charge is 0.333 e. The Labute approximate surface area is 60.3 Å². The Morgan fingerprint density at radius 1 is 1.80 bits per heavy atom. The topological polar surface area (TPSA) is 46.5 Å². The fourth-order valence-corrected chi connectivity index (χ4v) is 0.289. The summed E-state index contributed by atoms with van der Waals surface area (Å²) in [5.74, 6) is -0.519. The van der Waals surface area contributed by atoms with Gasteiger partial charge in [0.05, 0.1) is 6.61 Å². The van der Waals surface area contributed by atoms with Gasteiger partial charge in [0, 0.05) is 5.57 Å². The number of hydrogen-bond acceptors (Lipinski definition) is 3. The number of hydrogen-bond donors (Lipinski definition) is 1. The average molecular weight is 143 g/mol. The van der Waals surface area contributed by atoms with Crippen molar-refractivity contribution >= 4 is 5.97 Å². The van der Waals surface area contributed by atoms with Crippen molar-refractivity contribution in [2.45, 2.75) is 13.0 Å². The fraction of sp³-hybridized carbons (Fsp3) is 0.429. The molecule has 10 heavy (non-hydrogen) atoms. The SMILES string of the molecule is [CH2]C(CO)OC(=O)C(=C)C. The van der Waals surface area contributed by atoms with Gasteiger partial charge < -0.3 is 9.84 Å². The van der Waals surface area contributed by atoms with Gasteiger partial charge in [0.15, 0.2) is 0 Å². The maximum absolute atomic E-state index is 10.6. The van der Waals surface area contributed by atoms with Gasteiger partial charge in [0.1, 0.15) is 6.10 Å². The first-order valence-electron chi connectivity index (χ1n) is 2.88. The minimum Gasteiger partial charge on any atom is -0.457 e. The summed E-state index contributed by atoms with van der Waals surface area (Å²) in [5, 5.41) is 8.40. The lowest BCUT2D eigenvalue weighted by Gasteiger charge is -2.08. The highest BCUT2D eigenvalue weighted by molar-refractivity contribution is 5.87. The number of carbonyl (C=O) groups is 1. The van der Waals surface area contributed by atoms with Crippen molar-refractivity contribution < 1.29 is 14.6 Å². The van der Waals surface area contributed by atoms with Gasteiger partial charge in [-0.25, -0.2) is 4.79 Å². The molecule has 1 atom stereocenters. The Hall–Kier alpha value is -0.830. The molecule has 0 aliphatic rings. The van der Waals surface area contributed by atoms with Crippen molar-refractivity contribution in [3.05, 3.63) is 19.1 Å². The van der Waals surface area contributed by atoms with Crippen LogP contribution in [-0.2, 0) is 9.53 Å². The van der Waals surface area contributed by atoms with E-state index >= 15 is 0 Å². The van der Waals surface area contributed by atoms with Gasteiger partial charge in [0.2, 0.25) is 0 Å². The molecule has 0 aromatic carbocycles. The summed E-state index contributed by atoms with van der Waals surface area (Å²) in [6.07, 6.45) is -0.691. The summed E-state index contributed by atoms with van der Waals surface area (Å²) >= 11 is 0. The Morgan fingerprint density at radius 3 is 2.60 bits per heavy atom. The van der Waals surface area contributed by atoms with E-state index < -0.39 is 12.1 Å². The van der Waals surface area contributed by atoms with E-state index in [4.69, 9.17) is 5.11 Å². The van der Waals surface area contributed by atoms with Gasteiger partial charge in [0.25, 0.3) is 0 Å². The van der Waals surface area contributed by atoms with E-state index in [1.54, 1.807) is 0 Å². The summed E-state index contributed by atoms with van der Waals surface area (Å²) in [4.78, 5) is 10.6. The molecule has 0 spiro atoms. The van der Waals surface area contributed by atoms with Gasteiger partial charge in [-0.1, -0.05) is 6.58 Å². The molecule has 0 rings (SSSR count). The molecule has 0 fully saturated rings. The van der Waals surface area contributed by atoms with Gasteiger partial charge in [-0.2, -0.15) is 0 Å². The van der Waals surface area contributed by atoms with Crippen LogP contribution in [0.3, 0.4) is 0 Å². The van der Waals surface area contributed by atoms with E-state index in [1.807, 2.05) is 0 Å². The van der Waals surface area contributed by atoms with Crippen LogP contribution in [0.15, 0.2) is 12.2 Å². The van der Waals surface area contributed by atoms with Crippen LogP contribution in [-0.4, -0.2) is 23.8 Å². The molecule has 0 saturated heterocycles. The summed E-state index contributed by atoms with van der Waals surface area (Å²) in [5.41, 5.74) is 0.308. The quantitative estimate of drug-likeness (QED) is 0.456.